The van der Waals surface area contributed by atoms with Crippen LogP contribution in [0.15, 0.2) is 84.9 Å². The van der Waals surface area contributed by atoms with Crippen molar-refractivity contribution < 1.29 is 19.1 Å². The van der Waals surface area contributed by atoms with Crippen LogP contribution in [-0.2, 0) is 11.3 Å². The second-order valence-corrected chi connectivity index (χ2v) is 6.97. The van der Waals surface area contributed by atoms with Gasteiger partial charge < -0.3 is 20.1 Å². The molecule has 0 heterocycles. The highest BCUT2D eigenvalue weighted by atomic mass is 16.5. The predicted octanol–water partition coefficient (Wildman–Crippen LogP) is 3.66. The Morgan fingerprint density at radius 1 is 0.774 bits per heavy atom. The van der Waals surface area contributed by atoms with E-state index in [1.54, 1.807) is 29.2 Å². The van der Waals surface area contributed by atoms with Crippen molar-refractivity contribution in [1.82, 2.24) is 4.90 Å². The molecule has 0 radical (unpaired) electrons. The molecule has 0 aliphatic carbocycles. The van der Waals surface area contributed by atoms with Crippen molar-refractivity contribution in [2.45, 2.75) is 13.0 Å². The minimum atomic E-state index is -0.443. The quantitative estimate of drug-likeness (QED) is 0.482. The molecule has 6 heteroatoms. The van der Waals surface area contributed by atoms with Crippen LogP contribution in [0.25, 0.3) is 0 Å². The lowest BCUT2D eigenvalue weighted by Gasteiger charge is -2.23. The minimum Gasteiger partial charge on any atom is -0.490 e. The Hall–Kier alpha value is -3.80. The second kappa shape index (κ2) is 11.4. The van der Waals surface area contributed by atoms with Gasteiger partial charge in [0.25, 0.3) is 5.91 Å². The summed E-state index contributed by atoms with van der Waals surface area (Å²) in [6.07, 6.45) is 0.103. The minimum absolute atomic E-state index is 0.103. The SMILES string of the molecule is NC(=O)CCN(Cc1ccccc1)C(=O)c1cccc(OCCOc2ccccc2)c1. The van der Waals surface area contributed by atoms with E-state index >= 15 is 0 Å². The van der Waals surface area contributed by atoms with Gasteiger partial charge in [0.05, 0.1) is 0 Å². The van der Waals surface area contributed by atoms with Gasteiger partial charge in [-0.25, -0.2) is 0 Å². The van der Waals surface area contributed by atoms with E-state index in [2.05, 4.69) is 0 Å². The Bertz CT molecular complexity index is 977. The molecule has 3 aromatic rings. The van der Waals surface area contributed by atoms with Gasteiger partial charge >= 0.3 is 0 Å². The van der Waals surface area contributed by atoms with Gasteiger partial charge in [0, 0.05) is 25.1 Å². The van der Waals surface area contributed by atoms with Crippen molar-refractivity contribution in [2.75, 3.05) is 19.8 Å². The Balaban J connectivity index is 1.61. The number of carbonyl (C=O) groups is 2. The van der Waals surface area contributed by atoms with Crippen LogP contribution in [-0.4, -0.2) is 36.5 Å². The van der Waals surface area contributed by atoms with Crippen LogP contribution in [0.1, 0.15) is 22.3 Å². The number of rotatable bonds is 11. The summed E-state index contributed by atoms with van der Waals surface area (Å²) in [5.74, 6) is 0.732. The molecule has 3 aromatic carbocycles. The summed E-state index contributed by atoms with van der Waals surface area (Å²) in [4.78, 5) is 26.0. The smallest absolute Gasteiger partial charge is 0.254 e. The first-order valence-corrected chi connectivity index (χ1v) is 10.1. The van der Waals surface area contributed by atoms with Gasteiger partial charge in [0.2, 0.25) is 5.91 Å². The first-order chi connectivity index (χ1) is 15.1. The molecule has 0 aromatic heterocycles. The third-order valence-electron chi connectivity index (χ3n) is 4.58. The summed E-state index contributed by atoms with van der Waals surface area (Å²) >= 11 is 0. The number of ether oxygens (including phenoxy) is 2. The molecule has 0 spiro atoms. The number of primary amides is 1. The summed E-state index contributed by atoms with van der Waals surface area (Å²) in [5.41, 5.74) is 6.76. The van der Waals surface area contributed by atoms with Crippen LogP contribution in [0.4, 0.5) is 0 Å². The van der Waals surface area contributed by atoms with Crippen LogP contribution in [0, 0.1) is 0 Å². The highest BCUT2D eigenvalue weighted by molar-refractivity contribution is 5.94. The van der Waals surface area contributed by atoms with Gasteiger partial charge in [0.1, 0.15) is 24.7 Å². The molecule has 0 unspecified atom stereocenters. The van der Waals surface area contributed by atoms with Crippen LogP contribution >= 0.6 is 0 Å². The van der Waals surface area contributed by atoms with E-state index in [1.807, 2.05) is 60.7 Å². The Morgan fingerprint density at radius 2 is 1.39 bits per heavy atom. The standard InChI is InChI=1S/C25H26N2O4/c26-24(28)14-15-27(19-20-8-3-1-4-9-20)25(29)21-10-7-13-23(18-21)31-17-16-30-22-11-5-2-6-12-22/h1-13,18H,14-17,19H2,(H2,26,28). The van der Waals surface area contributed by atoms with E-state index in [1.165, 1.54) is 0 Å². The third kappa shape index (κ3) is 7.19. The van der Waals surface area contributed by atoms with Crippen molar-refractivity contribution in [3.8, 4) is 11.5 Å². The first kappa shape index (κ1) is 21.9. The van der Waals surface area contributed by atoms with E-state index in [-0.39, 0.29) is 18.9 Å². The summed E-state index contributed by atoms with van der Waals surface area (Å²) < 4.78 is 11.4. The van der Waals surface area contributed by atoms with E-state index in [9.17, 15) is 9.59 Å². The Labute approximate surface area is 182 Å². The molecule has 0 saturated heterocycles. The molecule has 0 aliphatic rings. The maximum atomic E-state index is 13.1. The molecule has 160 valence electrons. The summed E-state index contributed by atoms with van der Waals surface area (Å²) in [6, 6.07) is 26.1. The molecular formula is C25H26N2O4. The Morgan fingerprint density at radius 3 is 2.06 bits per heavy atom. The summed E-state index contributed by atoms with van der Waals surface area (Å²) in [5, 5.41) is 0. The molecule has 2 N–H and O–H groups in total. The zero-order valence-corrected chi connectivity index (χ0v) is 17.3. The highest BCUT2D eigenvalue weighted by Gasteiger charge is 2.17. The van der Waals surface area contributed by atoms with Gasteiger partial charge in [-0.1, -0.05) is 54.6 Å². The maximum Gasteiger partial charge on any atom is 0.254 e. The fourth-order valence-corrected chi connectivity index (χ4v) is 3.04. The highest BCUT2D eigenvalue weighted by Crippen LogP contribution is 2.17. The number of para-hydroxylation sites is 1. The molecular weight excluding hydrogens is 392 g/mol. The molecule has 0 atom stereocenters. The van der Waals surface area contributed by atoms with Crippen LogP contribution < -0.4 is 15.2 Å². The average molecular weight is 418 g/mol. The lowest BCUT2D eigenvalue weighted by atomic mass is 10.1. The lowest BCUT2D eigenvalue weighted by Crippen LogP contribution is -2.33. The van der Waals surface area contributed by atoms with Gasteiger partial charge in [-0.2, -0.15) is 0 Å². The molecule has 6 nitrogen and oxygen atoms in total. The van der Waals surface area contributed by atoms with Gasteiger partial charge in [0.15, 0.2) is 0 Å². The third-order valence-corrected chi connectivity index (χ3v) is 4.58. The van der Waals surface area contributed by atoms with E-state index in [0.717, 1.165) is 11.3 Å². The maximum absolute atomic E-state index is 13.1. The van der Waals surface area contributed by atoms with Crippen molar-refractivity contribution in [2.24, 2.45) is 5.73 Å². The van der Waals surface area contributed by atoms with Crippen molar-refractivity contribution in [1.29, 1.82) is 0 Å². The Kier molecular flexibility index (Phi) is 8.05. The van der Waals surface area contributed by atoms with E-state index in [4.69, 9.17) is 15.2 Å². The van der Waals surface area contributed by atoms with Crippen molar-refractivity contribution >= 4 is 11.8 Å². The number of hydrogen-bond acceptors (Lipinski definition) is 4. The molecule has 0 saturated carbocycles. The normalized spacial score (nSPS) is 10.3. The molecule has 2 amide bonds. The first-order valence-electron chi connectivity index (χ1n) is 10.1. The fourth-order valence-electron chi connectivity index (χ4n) is 3.04. The monoisotopic (exact) mass is 418 g/mol. The van der Waals surface area contributed by atoms with Gasteiger partial charge in [-0.05, 0) is 35.9 Å². The largest absolute Gasteiger partial charge is 0.490 e. The van der Waals surface area contributed by atoms with E-state index < -0.39 is 5.91 Å². The zero-order chi connectivity index (χ0) is 21.9. The van der Waals surface area contributed by atoms with Gasteiger partial charge in [-0.3, -0.25) is 9.59 Å². The van der Waals surface area contributed by atoms with Gasteiger partial charge in [-0.15, -0.1) is 0 Å². The topological polar surface area (TPSA) is 81.9 Å². The fraction of sp³-hybridized carbons (Fsp3) is 0.200. The lowest BCUT2D eigenvalue weighted by molar-refractivity contribution is -0.118. The number of hydrogen-bond donors (Lipinski definition) is 1. The van der Waals surface area contributed by atoms with Crippen molar-refractivity contribution in [3.63, 3.8) is 0 Å². The van der Waals surface area contributed by atoms with Crippen LogP contribution in [0.5, 0.6) is 11.5 Å². The summed E-state index contributed by atoms with van der Waals surface area (Å²) in [6.45, 7) is 1.38. The number of benzene rings is 3. The molecule has 0 fully saturated rings. The molecule has 3 rings (SSSR count). The average Bonchev–Trinajstić information content (AvgIpc) is 2.80. The molecule has 31 heavy (non-hydrogen) atoms. The molecule has 0 aliphatic heterocycles. The van der Waals surface area contributed by atoms with Crippen LogP contribution in [0.2, 0.25) is 0 Å². The van der Waals surface area contributed by atoms with E-state index in [0.29, 0.717) is 31.1 Å². The molecule has 0 bridgehead atoms. The second-order valence-electron chi connectivity index (χ2n) is 6.97. The summed E-state index contributed by atoms with van der Waals surface area (Å²) in [7, 11) is 0. The number of nitrogens with zero attached hydrogens (tertiary/aromatic N) is 1. The predicted molar refractivity (Wildman–Crippen MR) is 119 cm³/mol. The zero-order valence-electron chi connectivity index (χ0n) is 17.3. The number of carbonyl (C=O) groups excluding carboxylic acids is 2. The number of amides is 2. The number of nitrogens with two attached hydrogens (primary N) is 1. The van der Waals surface area contributed by atoms with Crippen LogP contribution in [0.3, 0.4) is 0 Å². The van der Waals surface area contributed by atoms with Crippen molar-refractivity contribution in [3.05, 3.63) is 96.1 Å².